The molecule has 1 saturated carbocycles. The smallest absolute Gasteiger partial charge is 0.251 e. The molecular formula is C18H26N2O. The minimum atomic E-state index is 0.103. The summed E-state index contributed by atoms with van der Waals surface area (Å²) < 4.78 is 0. The van der Waals surface area contributed by atoms with E-state index in [1.807, 2.05) is 12.1 Å². The quantitative estimate of drug-likeness (QED) is 0.885. The summed E-state index contributed by atoms with van der Waals surface area (Å²) in [5.41, 5.74) is 3.20. The first-order chi connectivity index (χ1) is 10.3. The van der Waals surface area contributed by atoms with E-state index in [-0.39, 0.29) is 5.91 Å². The highest BCUT2D eigenvalue weighted by Gasteiger charge is 2.18. The maximum atomic E-state index is 12.4. The van der Waals surface area contributed by atoms with Gasteiger partial charge >= 0.3 is 0 Å². The zero-order valence-electron chi connectivity index (χ0n) is 12.8. The van der Waals surface area contributed by atoms with Crippen LogP contribution in [0.25, 0.3) is 0 Å². The first-order valence-electron chi connectivity index (χ1n) is 8.48. The van der Waals surface area contributed by atoms with Gasteiger partial charge < -0.3 is 10.6 Å². The van der Waals surface area contributed by atoms with Crippen LogP contribution in [-0.4, -0.2) is 19.0 Å². The fraction of sp³-hybridized carbons (Fsp3) is 0.611. The molecule has 3 heteroatoms. The molecule has 3 nitrogen and oxygen atoms in total. The second-order valence-corrected chi connectivity index (χ2v) is 6.41. The van der Waals surface area contributed by atoms with Crippen LogP contribution in [0.2, 0.25) is 0 Å². The van der Waals surface area contributed by atoms with Crippen LogP contribution in [0, 0.1) is 5.92 Å². The Hall–Kier alpha value is -1.51. The standard InChI is InChI=1S/C18H26N2O/c21-18(20-13-11-14-6-2-1-3-7-14)16-8-4-10-17-15(16)9-5-12-19-17/h4,8,10,14,19H,1-3,5-7,9,11-13H2,(H,20,21). The molecule has 21 heavy (non-hydrogen) atoms. The van der Waals surface area contributed by atoms with Crippen molar-refractivity contribution < 1.29 is 4.79 Å². The van der Waals surface area contributed by atoms with Crippen molar-refractivity contribution in [3.63, 3.8) is 0 Å². The number of hydrogen-bond acceptors (Lipinski definition) is 2. The van der Waals surface area contributed by atoms with Crippen LogP contribution in [0.3, 0.4) is 0 Å². The van der Waals surface area contributed by atoms with Crippen molar-refractivity contribution in [2.24, 2.45) is 5.92 Å². The van der Waals surface area contributed by atoms with Gasteiger partial charge in [0.25, 0.3) is 5.91 Å². The molecule has 3 rings (SSSR count). The number of rotatable bonds is 4. The van der Waals surface area contributed by atoms with Gasteiger partial charge in [-0.25, -0.2) is 0 Å². The van der Waals surface area contributed by atoms with Crippen LogP contribution in [-0.2, 0) is 6.42 Å². The Kier molecular flexibility index (Phi) is 4.79. The number of amides is 1. The lowest BCUT2D eigenvalue weighted by atomic mass is 9.87. The summed E-state index contributed by atoms with van der Waals surface area (Å²) in [5, 5.41) is 6.52. The van der Waals surface area contributed by atoms with E-state index in [1.165, 1.54) is 37.7 Å². The number of hydrogen-bond donors (Lipinski definition) is 2. The second-order valence-electron chi connectivity index (χ2n) is 6.41. The van der Waals surface area contributed by atoms with Crippen molar-refractivity contribution >= 4 is 11.6 Å². The van der Waals surface area contributed by atoms with E-state index in [0.29, 0.717) is 0 Å². The molecule has 0 spiro atoms. The van der Waals surface area contributed by atoms with Crippen molar-refractivity contribution in [1.82, 2.24) is 5.32 Å². The lowest BCUT2D eigenvalue weighted by Gasteiger charge is -2.22. The van der Waals surface area contributed by atoms with Gasteiger partial charge in [-0.15, -0.1) is 0 Å². The number of benzene rings is 1. The van der Waals surface area contributed by atoms with Crippen molar-refractivity contribution in [2.45, 2.75) is 51.4 Å². The third-order valence-electron chi connectivity index (χ3n) is 4.90. The molecule has 114 valence electrons. The van der Waals surface area contributed by atoms with Crippen LogP contribution in [0.15, 0.2) is 18.2 Å². The molecule has 0 saturated heterocycles. The molecule has 1 amide bonds. The van der Waals surface area contributed by atoms with Gasteiger partial charge in [-0.1, -0.05) is 38.2 Å². The minimum absolute atomic E-state index is 0.103. The molecule has 1 heterocycles. The van der Waals surface area contributed by atoms with E-state index >= 15 is 0 Å². The Bertz CT molecular complexity index is 492. The highest BCUT2D eigenvalue weighted by atomic mass is 16.1. The molecule has 2 aliphatic rings. The summed E-state index contributed by atoms with van der Waals surface area (Å²) in [6.07, 6.45) is 10.1. The maximum absolute atomic E-state index is 12.4. The second kappa shape index (κ2) is 6.97. The number of carbonyl (C=O) groups is 1. The monoisotopic (exact) mass is 286 g/mol. The SMILES string of the molecule is O=C(NCCC1CCCCC1)c1cccc2c1CCCN2. The normalized spacial score (nSPS) is 18.7. The molecular weight excluding hydrogens is 260 g/mol. The molecule has 1 aromatic carbocycles. The lowest BCUT2D eigenvalue weighted by molar-refractivity contribution is 0.0949. The molecule has 2 N–H and O–H groups in total. The van der Waals surface area contributed by atoms with Crippen molar-refractivity contribution in [2.75, 3.05) is 18.4 Å². The Balaban J connectivity index is 1.55. The van der Waals surface area contributed by atoms with Gasteiger partial charge in [-0.3, -0.25) is 4.79 Å². The highest BCUT2D eigenvalue weighted by Crippen LogP contribution is 2.27. The van der Waals surface area contributed by atoms with E-state index in [9.17, 15) is 4.79 Å². The Morgan fingerprint density at radius 2 is 2.05 bits per heavy atom. The molecule has 1 aromatic rings. The third-order valence-corrected chi connectivity index (χ3v) is 4.90. The minimum Gasteiger partial charge on any atom is -0.385 e. The Labute approximate surface area is 127 Å². The van der Waals surface area contributed by atoms with Crippen LogP contribution in [0.5, 0.6) is 0 Å². The predicted molar refractivity (Wildman–Crippen MR) is 86.8 cm³/mol. The van der Waals surface area contributed by atoms with Gasteiger partial charge in [0.2, 0.25) is 0 Å². The summed E-state index contributed by atoms with van der Waals surface area (Å²) in [6.45, 7) is 1.83. The first-order valence-corrected chi connectivity index (χ1v) is 8.48. The molecule has 1 aliphatic carbocycles. The van der Waals surface area contributed by atoms with Gasteiger partial charge in [-0.05, 0) is 42.9 Å². The van der Waals surface area contributed by atoms with Gasteiger partial charge in [-0.2, -0.15) is 0 Å². The largest absolute Gasteiger partial charge is 0.385 e. The van der Waals surface area contributed by atoms with Crippen LogP contribution >= 0.6 is 0 Å². The van der Waals surface area contributed by atoms with E-state index < -0.39 is 0 Å². The fourth-order valence-electron chi connectivity index (χ4n) is 3.68. The zero-order valence-corrected chi connectivity index (χ0v) is 12.8. The highest BCUT2D eigenvalue weighted by molar-refractivity contribution is 5.97. The van der Waals surface area contributed by atoms with E-state index in [1.54, 1.807) is 0 Å². The molecule has 1 fully saturated rings. The Morgan fingerprint density at radius 1 is 1.19 bits per heavy atom. The number of nitrogens with one attached hydrogen (secondary N) is 2. The van der Waals surface area contributed by atoms with Crippen LogP contribution < -0.4 is 10.6 Å². The molecule has 1 aliphatic heterocycles. The van der Waals surface area contributed by atoms with Gasteiger partial charge in [0.15, 0.2) is 0 Å². The average Bonchev–Trinajstić information content (AvgIpc) is 2.55. The van der Waals surface area contributed by atoms with E-state index in [4.69, 9.17) is 0 Å². The summed E-state index contributed by atoms with van der Waals surface area (Å²) in [6, 6.07) is 6.02. The van der Waals surface area contributed by atoms with E-state index in [2.05, 4.69) is 16.7 Å². The molecule has 0 aromatic heterocycles. The Morgan fingerprint density at radius 3 is 2.90 bits per heavy atom. The molecule has 0 bridgehead atoms. The molecule has 0 atom stereocenters. The lowest BCUT2D eigenvalue weighted by Crippen LogP contribution is -2.28. The predicted octanol–water partition coefficient (Wildman–Crippen LogP) is 3.74. The zero-order chi connectivity index (χ0) is 14.5. The van der Waals surface area contributed by atoms with Gasteiger partial charge in [0.1, 0.15) is 0 Å². The van der Waals surface area contributed by atoms with Crippen LogP contribution in [0.1, 0.15) is 60.9 Å². The topological polar surface area (TPSA) is 41.1 Å². The third kappa shape index (κ3) is 3.58. The maximum Gasteiger partial charge on any atom is 0.251 e. The van der Waals surface area contributed by atoms with Crippen molar-refractivity contribution in [3.05, 3.63) is 29.3 Å². The number of fused-ring (bicyclic) bond motifs is 1. The van der Waals surface area contributed by atoms with Crippen molar-refractivity contribution in [1.29, 1.82) is 0 Å². The number of carbonyl (C=O) groups excluding carboxylic acids is 1. The summed E-state index contributed by atoms with van der Waals surface area (Å²) in [7, 11) is 0. The summed E-state index contributed by atoms with van der Waals surface area (Å²) in [4.78, 5) is 12.4. The number of anilines is 1. The van der Waals surface area contributed by atoms with Crippen LogP contribution in [0.4, 0.5) is 5.69 Å². The van der Waals surface area contributed by atoms with Gasteiger partial charge in [0.05, 0.1) is 0 Å². The van der Waals surface area contributed by atoms with Gasteiger partial charge in [0, 0.05) is 24.3 Å². The van der Waals surface area contributed by atoms with Crippen molar-refractivity contribution in [3.8, 4) is 0 Å². The van der Waals surface area contributed by atoms with E-state index in [0.717, 1.165) is 49.5 Å². The fourth-order valence-corrected chi connectivity index (χ4v) is 3.68. The molecule has 0 radical (unpaired) electrons. The molecule has 0 unspecified atom stereocenters. The average molecular weight is 286 g/mol. The summed E-state index contributed by atoms with van der Waals surface area (Å²) >= 11 is 0. The first kappa shape index (κ1) is 14.4. The summed E-state index contributed by atoms with van der Waals surface area (Å²) in [5.74, 6) is 0.928.